The lowest BCUT2D eigenvalue weighted by Gasteiger charge is -2.22. The summed E-state index contributed by atoms with van der Waals surface area (Å²) in [5.41, 5.74) is 0.421. The van der Waals surface area contributed by atoms with Gasteiger partial charge in [0.2, 0.25) is 0 Å². The van der Waals surface area contributed by atoms with E-state index in [2.05, 4.69) is 17.0 Å². The summed E-state index contributed by atoms with van der Waals surface area (Å²) < 4.78 is 41.0. The van der Waals surface area contributed by atoms with E-state index in [1.54, 1.807) is 12.1 Å². The lowest BCUT2D eigenvalue weighted by atomic mass is 10.0. The Labute approximate surface area is 111 Å². The number of alkyl halides is 3. The Morgan fingerprint density at radius 2 is 2.00 bits per heavy atom. The third-order valence-corrected chi connectivity index (χ3v) is 3.64. The van der Waals surface area contributed by atoms with E-state index in [0.29, 0.717) is 11.6 Å². The van der Waals surface area contributed by atoms with Crippen LogP contribution in [-0.2, 0) is 0 Å². The highest BCUT2D eigenvalue weighted by Crippen LogP contribution is 2.35. The van der Waals surface area contributed by atoms with E-state index in [-0.39, 0.29) is 11.8 Å². The average Bonchev–Trinajstić information content (AvgIpc) is 2.77. The monoisotopic (exact) mass is 273 g/mol. The van der Waals surface area contributed by atoms with Crippen molar-refractivity contribution < 1.29 is 17.9 Å². The molecule has 0 radical (unpaired) electrons. The van der Waals surface area contributed by atoms with Gasteiger partial charge >= 0.3 is 6.36 Å². The predicted molar refractivity (Wildman–Crippen MR) is 68.2 cm³/mol. The molecule has 0 spiro atoms. The number of para-hydroxylation sites is 2. The Hall–Kier alpha value is -1.39. The first-order chi connectivity index (χ1) is 8.99. The second-order valence-electron chi connectivity index (χ2n) is 4.89. The van der Waals surface area contributed by atoms with Gasteiger partial charge in [-0.05, 0) is 30.9 Å². The summed E-state index contributed by atoms with van der Waals surface area (Å²) in [6, 6.07) is 6.46. The first-order valence-electron chi connectivity index (χ1n) is 6.61. The minimum Gasteiger partial charge on any atom is -0.404 e. The van der Waals surface area contributed by atoms with Gasteiger partial charge in [-0.25, -0.2) is 0 Å². The van der Waals surface area contributed by atoms with Crippen LogP contribution in [0.2, 0.25) is 0 Å². The van der Waals surface area contributed by atoms with E-state index >= 15 is 0 Å². The standard InChI is InChI=1S/C14H18F3NO/c1-2-10-6-5-8-11(10)18-12-7-3-4-9-13(12)19-14(15,16)17/h3-4,7,9-11,18H,2,5-6,8H2,1H3. The van der Waals surface area contributed by atoms with E-state index in [1.165, 1.54) is 12.1 Å². The van der Waals surface area contributed by atoms with Gasteiger partial charge in [-0.15, -0.1) is 13.2 Å². The molecule has 5 heteroatoms. The van der Waals surface area contributed by atoms with Gasteiger partial charge in [-0.3, -0.25) is 0 Å². The number of benzene rings is 1. The van der Waals surface area contributed by atoms with Crippen LogP contribution in [0.25, 0.3) is 0 Å². The van der Waals surface area contributed by atoms with Gasteiger partial charge in [0.15, 0.2) is 5.75 Å². The Morgan fingerprint density at radius 3 is 2.68 bits per heavy atom. The summed E-state index contributed by atoms with van der Waals surface area (Å²) in [5.74, 6) is 0.371. The highest BCUT2D eigenvalue weighted by molar-refractivity contribution is 5.57. The Kier molecular flexibility index (Phi) is 4.22. The molecule has 1 aliphatic rings. The Balaban J connectivity index is 2.11. The number of hydrogen-bond donors (Lipinski definition) is 1. The molecule has 2 unspecified atom stereocenters. The van der Waals surface area contributed by atoms with Crippen LogP contribution in [0.4, 0.5) is 18.9 Å². The Morgan fingerprint density at radius 1 is 1.26 bits per heavy atom. The molecule has 106 valence electrons. The van der Waals surface area contributed by atoms with Crippen molar-refractivity contribution in [1.82, 2.24) is 0 Å². The van der Waals surface area contributed by atoms with Crippen molar-refractivity contribution in [1.29, 1.82) is 0 Å². The molecule has 0 aromatic heterocycles. The van der Waals surface area contributed by atoms with Crippen LogP contribution in [0.3, 0.4) is 0 Å². The third kappa shape index (κ3) is 3.78. The average molecular weight is 273 g/mol. The Bertz CT molecular complexity index is 419. The summed E-state index contributed by atoms with van der Waals surface area (Å²) in [6.45, 7) is 2.11. The molecular weight excluding hydrogens is 255 g/mol. The van der Waals surface area contributed by atoms with Crippen LogP contribution in [0.5, 0.6) is 5.75 Å². The maximum Gasteiger partial charge on any atom is 0.573 e. The lowest BCUT2D eigenvalue weighted by Crippen LogP contribution is -2.25. The van der Waals surface area contributed by atoms with Gasteiger partial charge in [0, 0.05) is 6.04 Å². The molecule has 2 atom stereocenters. The smallest absolute Gasteiger partial charge is 0.404 e. The van der Waals surface area contributed by atoms with Gasteiger partial charge in [0.25, 0.3) is 0 Å². The van der Waals surface area contributed by atoms with E-state index < -0.39 is 6.36 Å². The second-order valence-corrected chi connectivity index (χ2v) is 4.89. The number of hydrogen-bond acceptors (Lipinski definition) is 2. The minimum absolute atomic E-state index is 0.156. The zero-order valence-corrected chi connectivity index (χ0v) is 10.8. The van der Waals surface area contributed by atoms with Crippen LogP contribution in [0, 0.1) is 5.92 Å². The molecular formula is C14H18F3NO. The van der Waals surface area contributed by atoms with E-state index in [9.17, 15) is 13.2 Å². The quantitative estimate of drug-likeness (QED) is 0.867. The van der Waals surface area contributed by atoms with Crippen molar-refractivity contribution in [2.45, 2.75) is 45.0 Å². The summed E-state index contributed by atoms with van der Waals surface area (Å²) in [6.07, 6.45) is -0.356. The highest BCUT2D eigenvalue weighted by Gasteiger charge is 2.33. The van der Waals surface area contributed by atoms with Crippen LogP contribution in [0.15, 0.2) is 24.3 Å². The molecule has 1 saturated carbocycles. The van der Waals surface area contributed by atoms with E-state index in [0.717, 1.165) is 25.7 Å². The molecule has 1 N–H and O–H groups in total. The van der Waals surface area contributed by atoms with Crippen molar-refractivity contribution in [2.75, 3.05) is 5.32 Å². The highest BCUT2D eigenvalue weighted by atomic mass is 19.4. The van der Waals surface area contributed by atoms with Gasteiger partial charge < -0.3 is 10.1 Å². The first kappa shape index (κ1) is 14.0. The zero-order valence-electron chi connectivity index (χ0n) is 10.8. The number of ether oxygens (including phenoxy) is 1. The van der Waals surface area contributed by atoms with Crippen LogP contribution in [0.1, 0.15) is 32.6 Å². The van der Waals surface area contributed by atoms with Crippen molar-refractivity contribution >= 4 is 5.69 Å². The molecule has 2 rings (SSSR count). The molecule has 0 bridgehead atoms. The minimum atomic E-state index is -4.66. The van der Waals surface area contributed by atoms with E-state index in [1.807, 2.05) is 0 Å². The molecule has 1 fully saturated rings. The molecule has 0 amide bonds. The summed E-state index contributed by atoms with van der Waals surface area (Å²) >= 11 is 0. The first-order valence-corrected chi connectivity index (χ1v) is 6.61. The fourth-order valence-electron chi connectivity index (χ4n) is 2.71. The summed E-state index contributed by atoms with van der Waals surface area (Å²) in [5, 5.41) is 3.21. The zero-order chi connectivity index (χ0) is 13.9. The molecule has 2 nitrogen and oxygen atoms in total. The maximum atomic E-state index is 12.3. The van der Waals surface area contributed by atoms with Crippen LogP contribution < -0.4 is 10.1 Å². The van der Waals surface area contributed by atoms with Crippen molar-refractivity contribution in [2.24, 2.45) is 5.92 Å². The topological polar surface area (TPSA) is 21.3 Å². The van der Waals surface area contributed by atoms with Crippen molar-refractivity contribution in [3.63, 3.8) is 0 Å². The summed E-state index contributed by atoms with van der Waals surface area (Å²) in [7, 11) is 0. The van der Waals surface area contributed by atoms with Gasteiger partial charge in [0.1, 0.15) is 0 Å². The van der Waals surface area contributed by atoms with Gasteiger partial charge in [-0.2, -0.15) is 0 Å². The number of nitrogens with one attached hydrogen (secondary N) is 1. The number of rotatable bonds is 4. The largest absolute Gasteiger partial charge is 0.573 e. The molecule has 0 aliphatic heterocycles. The normalized spacial score (nSPS) is 23.4. The molecule has 1 aliphatic carbocycles. The van der Waals surface area contributed by atoms with E-state index in [4.69, 9.17) is 0 Å². The summed E-state index contributed by atoms with van der Waals surface area (Å²) in [4.78, 5) is 0. The second kappa shape index (κ2) is 5.72. The van der Waals surface area contributed by atoms with Crippen molar-refractivity contribution in [3.05, 3.63) is 24.3 Å². The predicted octanol–water partition coefficient (Wildman–Crippen LogP) is 4.58. The fraction of sp³-hybridized carbons (Fsp3) is 0.571. The lowest BCUT2D eigenvalue weighted by molar-refractivity contribution is -0.274. The van der Waals surface area contributed by atoms with Crippen LogP contribution in [-0.4, -0.2) is 12.4 Å². The fourth-order valence-corrected chi connectivity index (χ4v) is 2.71. The number of anilines is 1. The SMILES string of the molecule is CCC1CCCC1Nc1ccccc1OC(F)(F)F. The molecule has 1 aromatic rings. The van der Waals surface area contributed by atoms with Gasteiger partial charge in [0.05, 0.1) is 5.69 Å². The molecule has 1 aromatic carbocycles. The molecule has 0 saturated heterocycles. The van der Waals surface area contributed by atoms with Crippen molar-refractivity contribution in [3.8, 4) is 5.75 Å². The van der Waals surface area contributed by atoms with Gasteiger partial charge in [-0.1, -0.05) is 31.9 Å². The maximum absolute atomic E-state index is 12.3. The third-order valence-electron chi connectivity index (χ3n) is 3.64. The molecule has 19 heavy (non-hydrogen) atoms. The van der Waals surface area contributed by atoms with Crippen LogP contribution >= 0.6 is 0 Å². The molecule has 0 heterocycles. The number of halogens is 3.